The van der Waals surface area contributed by atoms with Gasteiger partial charge in [-0.3, -0.25) is 9.69 Å². The molecule has 2 aliphatic heterocycles. The molecule has 0 amide bonds. The lowest BCUT2D eigenvalue weighted by Crippen LogP contribution is -2.38. The van der Waals surface area contributed by atoms with Gasteiger partial charge in [0, 0.05) is 24.1 Å². The molecule has 2 heterocycles. The van der Waals surface area contributed by atoms with Gasteiger partial charge in [0.25, 0.3) is 0 Å². The molecule has 2 heteroatoms. The van der Waals surface area contributed by atoms with Gasteiger partial charge in [-0.25, -0.2) is 0 Å². The van der Waals surface area contributed by atoms with Crippen LogP contribution in [0.2, 0.25) is 0 Å². The lowest BCUT2D eigenvalue weighted by Gasteiger charge is -2.30. The first-order valence-corrected chi connectivity index (χ1v) is 5.19. The van der Waals surface area contributed by atoms with E-state index in [2.05, 4.69) is 18.0 Å². The third-order valence-electron chi connectivity index (χ3n) is 3.45. The second-order valence-electron chi connectivity index (χ2n) is 4.08. The lowest BCUT2D eigenvalue weighted by molar-refractivity contribution is -0.116. The summed E-state index contributed by atoms with van der Waals surface area (Å²) in [4.78, 5) is 14.0. The van der Waals surface area contributed by atoms with Gasteiger partial charge in [-0.15, -0.1) is 0 Å². The Morgan fingerprint density at radius 1 is 1.62 bits per heavy atom. The number of Topliss-reactive ketones (excluding diaryl/α,β-unsaturated/α-hetero) is 1. The summed E-state index contributed by atoms with van der Waals surface area (Å²) in [7, 11) is 2.15. The van der Waals surface area contributed by atoms with Crippen molar-refractivity contribution >= 4 is 5.78 Å². The fourth-order valence-corrected chi connectivity index (χ4v) is 2.57. The van der Waals surface area contributed by atoms with E-state index in [0.717, 1.165) is 12.0 Å². The summed E-state index contributed by atoms with van der Waals surface area (Å²) < 4.78 is 0. The SMILES string of the molecule is CCC(=O)C1=CCC2CCC1N2C. The van der Waals surface area contributed by atoms with Crippen LogP contribution in [0.3, 0.4) is 0 Å². The quantitative estimate of drug-likeness (QED) is 0.643. The minimum atomic E-state index is 0.345. The van der Waals surface area contributed by atoms with Gasteiger partial charge in [0.2, 0.25) is 0 Å². The highest BCUT2D eigenvalue weighted by Crippen LogP contribution is 2.34. The Bertz CT molecular complexity index is 257. The highest BCUT2D eigenvalue weighted by Gasteiger charge is 2.37. The summed E-state index contributed by atoms with van der Waals surface area (Å²) in [6.45, 7) is 1.95. The Morgan fingerprint density at radius 3 is 3.08 bits per heavy atom. The number of carbonyl (C=O) groups is 1. The van der Waals surface area contributed by atoms with Crippen LogP contribution < -0.4 is 0 Å². The van der Waals surface area contributed by atoms with Crippen LogP contribution in [0.1, 0.15) is 32.6 Å². The molecule has 0 radical (unpaired) electrons. The van der Waals surface area contributed by atoms with E-state index in [0.29, 0.717) is 24.3 Å². The van der Waals surface area contributed by atoms with E-state index in [1.807, 2.05) is 6.92 Å². The average Bonchev–Trinajstić information content (AvgIpc) is 2.41. The van der Waals surface area contributed by atoms with Crippen LogP contribution in [0.4, 0.5) is 0 Å². The van der Waals surface area contributed by atoms with Gasteiger partial charge < -0.3 is 0 Å². The molecular formula is C11H17NO. The lowest BCUT2D eigenvalue weighted by atomic mass is 9.97. The molecule has 1 fully saturated rings. The zero-order chi connectivity index (χ0) is 9.42. The first-order chi connectivity index (χ1) is 6.24. The van der Waals surface area contributed by atoms with Crippen molar-refractivity contribution in [3.63, 3.8) is 0 Å². The maximum absolute atomic E-state index is 11.6. The monoisotopic (exact) mass is 179 g/mol. The number of hydrogen-bond donors (Lipinski definition) is 0. The van der Waals surface area contributed by atoms with Crippen molar-refractivity contribution in [1.29, 1.82) is 0 Å². The molecule has 0 spiro atoms. The van der Waals surface area contributed by atoms with Crippen molar-refractivity contribution < 1.29 is 4.79 Å². The molecule has 72 valence electrons. The molecule has 2 nitrogen and oxygen atoms in total. The predicted molar refractivity (Wildman–Crippen MR) is 52.6 cm³/mol. The molecule has 2 atom stereocenters. The van der Waals surface area contributed by atoms with Crippen LogP contribution in [-0.2, 0) is 4.79 Å². The van der Waals surface area contributed by atoms with Crippen LogP contribution in [0.25, 0.3) is 0 Å². The van der Waals surface area contributed by atoms with Crippen molar-refractivity contribution in [2.24, 2.45) is 0 Å². The zero-order valence-corrected chi connectivity index (χ0v) is 8.42. The van der Waals surface area contributed by atoms with Gasteiger partial charge in [-0.1, -0.05) is 13.0 Å². The van der Waals surface area contributed by atoms with Gasteiger partial charge in [-0.2, -0.15) is 0 Å². The molecule has 2 rings (SSSR count). The van der Waals surface area contributed by atoms with E-state index in [1.165, 1.54) is 12.8 Å². The van der Waals surface area contributed by atoms with Gasteiger partial charge in [0.1, 0.15) is 0 Å². The largest absolute Gasteiger partial charge is 0.296 e. The van der Waals surface area contributed by atoms with Gasteiger partial charge in [-0.05, 0) is 26.3 Å². The first kappa shape index (κ1) is 8.95. The Morgan fingerprint density at radius 2 is 2.38 bits per heavy atom. The highest BCUT2D eigenvalue weighted by molar-refractivity contribution is 5.96. The molecule has 1 saturated heterocycles. The van der Waals surface area contributed by atoms with Crippen LogP contribution in [0.5, 0.6) is 0 Å². The molecule has 13 heavy (non-hydrogen) atoms. The number of likely N-dealkylation sites (N-methyl/N-ethyl adjacent to an activating group) is 1. The van der Waals surface area contributed by atoms with Crippen molar-refractivity contribution in [3.05, 3.63) is 11.6 Å². The van der Waals surface area contributed by atoms with Crippen LogP contribution >= 0.6 is 0 Å². The highest BCUT2D eigenvalue weighted by atomic mass is 16.1. The summed E-state index contributed by atoms with van der Waals surface area (Å²) in [6.07, 6.45) is 6.35. The Kier molecular flexibility index (Phi) is 2.24. The van der Waals surface area contributed by atoms with E-state index in [1.54, 1.807) is 0 Å². The topological polar surface area (TPSA) is 20.3 Å². The predicted octanol–water partition coefficient (Wildman–Crippen LogP) is 1.76. The molecule has 2 unspecified atom stereocenters. The van der Waals surface area contributed by atoms with E-state index in [-0.39, 0.29) is 0 Å². The van der Waals surface area contributed by atoms with Crippen molar-refractivity contribution in [2.45, 2.75) is 44.7 Å². The average molecular weight is 179 g/mol. The second kappa shape index (κ2) is 3.26. The van der Waals surface area contributed by atoms with E-state index in [9.17, 15) is 4.79 Å². The van der Waals surface area contributed by atoms with Crippen molar-refractivity contribution in [1.82, 2.24) is 4.90 Å². The summed E-state index contributed by atoms with van der Waals surface area (Å²) in [6, 6.07) is 1.14. The smallest absolute Gasteiger partial charge is 0.159 e. The summed E-state index contributed by atoms with van der Waals surface area (Å²) >= 11 is 0. The molecule has 0 aromatic heterocycles. The minimum absolute atomic E-state index is 0.345. The third kappa shape index (κ3) is 1.33. The van der Waals surface area contributed by atoms with Crippen LogP contribution in [-0.4, -0.2) is 29.8 Å². The number of fused-ring (bicyclic) bond motifs is 2. The summed E-state index contributed by atoms with van der Waals surface area (Å²) in [5.74, 6) is 0.345. The normalized spacial score (nSPS) is 33.2. The number of ketones is 1. The van der Waals surface area contributed by atoms with Gasteiger partial charge in [0.05, 0.1) is 0 Å². The van der Waals surface area contributed by atoms with Crippen LogP contribution in [0.15, 0.2) is 11.6 Å². The fraction of sp³-hybridized carbons (Fsp3) is 0.727. The number of hydrogen-bond acceptors (Lipinski definition) is 2. The molecule has 2 aliphatic rings. The van der Waals surface area contributed by atoms with E-state index < -0.39 is 0 Å². The fourth-order valence-electron chi connectivity index (χ4n) is 2.57. The molecule has 0 aromatic rings. The van der Waals surface area contributed by atoms with Gasteiger partial charge in [0.15, 0.2) is 5.78 Å². The Labute approximate surface area is 79.6 Å². The standard InChI is InChI=1S/C11H17NO/c1-3-11(13)9-6-4-8-5-7-10(9)12(8)2/h6,8,10H,3-5,7H2,1-2H3. The Hall–Kier alpha value is -0.630. The number of nitrogens with zero attached hydrogens (tertiary/aromatic N) is 1. The summed E-state index contributed by atoms with van der Waals surface area (Å²) in [5.41, 5.74) is 1.08. The van der Waals surface area contributed by atoms with Gasteiger partial charge >= 0.3 is 0 Å². The van der Waals surface area contributed by atoms with E-state index in [4.69, 9.17) is 0 Å². The first-order valence-electron chi connectivity index (χ1n) is 5.19. The molecule has 0 aromatic carbocycles. The molecule has 0 aliphatic carbocycles. The number of carbonyl (C=O) groups excluding carboxylic acids is 1. The van der Waals surface area contributed by atoms with Crippen LogP contribution in [0, 0.1) is 0 Å². The Balaban J connectivity index is 2.21. The molecule has 0 saturated carbocycles. The second-order valence-corrected chi connectivity index (χ2v) is 4.08. The van der Waals surface area contributed by atoms with Crippen molar-refractivity contribution in [2.75, 3.05) is 7.05 Å². The molecular weight excluding hydrogens is 162 g/mol. The van der Waals surface area contributed by atoms with E-state index >= 15 is 0 Å². The summed E-state index contributed by atoms with van der Waals surface area (Å²) in [5, 5.41) is 0. The molecule has 2 bridgehead atoms. The third-order valence-corrected chi connectivity index (χ3v) is 3.45. The minimum Gasteiger partial charge on any atom is -0.296 e. The van der Waals surface area contributed by atoms with Crippen molar-refractivity contribution in [3.8, 4) is 0 Å². The maximum atomic E-state index is 11.6. The maximum Gasteiger partial charge on any atom is 0.159 e. The number of rotatable bonds is 2. The zero-order valence-electron chi connectivity index (χ0n) is 8.42. The molecule has 0 N–H and O–H groups in total.